The van der Waals surface area contributed by atoms with Crippen molar-refractivity contribution in [3.63, 3.8) is 0 Å². The monoisotopic (exact) mass is 378 g/mol. The van der Waals surface area contributed by atoms with E-state index in [0.29, 0.717) is 16.3 Å². The third-order valence-corrected chi connectivity index (χ3v) is 5.46. The van der Waals surface area contributed by atoms with Crippen molar-refractivity contribution in [2.75, 3.05) is 5.32 Å². The summed E-state index contributed by atoms with van der Waals surface area (Å²) in [6, 6.07) is 19.0. The number of anilines is 1. The number of amides is 1. The summed E-state index contributed by atoms with van der Waals surface area (Å²) < 4.78 is 0. The Bertz CT molecular complexity index is 1110. The lowest BCUT2D eigenvalue weighted by Crippen LogP contribution is -2.13. The maximum absolute atomic E-state index is 13.0. The Morgan fingerprint density at radius 3 is 2.69 bits per heavy atom. The Hall–Kier alpha value is -2.69. The van der Waals surface area contributed by atoms with Crippen molar-refractivity contribution < 1.29 is 4.79 Å². The molecule has 0 atom stereocenters. The number of nitrogens with zero attached hydrogens (tertiary/aromatic N) is 1. The summed E-state index contributed by atoms with van der Waals surface area (Å²) in [5.74, 6) is -0.179. The number of hydrogen-bond acceptors (Lipinski definition) is 3. The van der Waals surface area contributed by atoms with E-state index in [1.807, 2.05) is 66.9 Å². The number of nitrogens with one attached hydrogen (secondary N) is 1. The van der Waals surface area contributed by atoms with Crippen molar-refractivity contribution in [2.24, 2.45) is 0 Å². The van der Waals surface area contributed by atoms with Gasteiger partial charge in [-0.15, -0.1) is 11.3 Å². The van der Waals surface area contributed by atoms with E-state index in [0.717, 1.165) is 27.0 Å². The first-order chi connectivity index (χ1) is 12.6. The standard InChI is InChI=1S/C21H15ClN2OS/c1-13-8-9-14(11-17(13)22)23-21(25)16-12-19(20-7-4-10-26-20)24-18-6-3-2-5-15(16)18/h2-12H,1H3,(H,23,25). The zero-order valence-electron chi connectivity index (χ0n) is 14.0. The molecule has 0 bridgehead atoms. The number of aromatic nitrogens is 1. The molecule has 1 amide bonds. The van der Waals surface area contributed by atoms with E-state index in [1.54, 1.807) is 17.4 Å². The van der Waals surface area contributed by atoms with Gasteiger partial charge in [0.2, 0.25) is 0 Å². The molecule has 5 heteroatoms. The van der Waals surface area contributed by atoms with Gasteiger partial charge >= 0.3 is 0 Å². The van der Waals surface area contributed by atoms with Crippen molar-refractivity contribution >= 4 is 45.4 Å². The lowest BCUT2D eigenvalue weighted by molar-refractivity contribution is 0.102. The molecule has 0 aliphatic heterocycles. The summed E-state index contributed by atoms with van der Waals surface area (Å²) in [6.07, 6.45) is 0. The third kappa shape index (κ3) is 3.21. The number of aryl methyl sites for hydroxylation is 1. The fraction of sp³-hybridized carbons (Fsp3) is 0.0476. The van der Waals surface area contributed by atoms with Gasteiger partial charge < -0.3 is 5.32 Å². The third-order valence-electron chi connectivity index (χ3n) is 4.16. The van der Waals surface area contributed by atoms with Crippen LogP contribution in [0.1, 0.15) is 15.9 Å². The molecule has 2 heterocycles. The molecule has 0 aliphatic carbocycles. The van der Waals surface area contributed by atoms with Gasteiger partial charge in [-0.3, -0.25) is 4.79 Å². The number of thiophene rings is 1. The summed E-state index contributed by atoms with van der Waals surface area (Å²) in [4.78, 5) is 18.7. The van der Waals surface area contributed by atoms with Crippen LogP contribution in [0.15, 0.2) is 66.0 Å². The summed E-state index contributed by atoms with van der Waals surface area (Å²) >= 11 is 7.77. The highest BCUT2D eigenvalue weighted by Gasteiger charge is 2.15. The smallest absolute Gasteiger partial charge is 0.256 e. The molecule has 26 heavy (non-hydrogen) atoms. The van der Waals surface area contributed by atoms with Gasteiger partial charge in [0.15, 0.2) is 0 Å². The average molecular weight is 379 g/mol. The van der Waals surface area contributed by atoms with Gasteiger partial charge in [0.05, 0.1) is 21.7 Å². The number of para-hydroxylation sites is 1. The van der Waals surface area contributed by atoms with Crippen molar-refractivity contribution in [2.45, 2.75) is 6.92 Å². The Kier molecular flexibility index (Phi) is 4.45. The van der Waals surface area contributed by atoms with Crippen molar-refractivity contribution in [3.05, 3.63) is 82.2 Å². The van der Waals surface area contributed by atoms with E-state index in [2.05, 4.69) is 5.32 Å². The van der Waals surface area contributed by atoms with E-state index in [1.165, 1.54) is 0 Å². The predicted octanol–water partition coefficient (Wildman–Crippen LogP) is 6.18. The van der Waals surface area contributed by atoms with Crippen molar-refractivity contribution in [1.82, 2.24) is 4.98 Å². The molecular weight excluding hydrogens is 364 g/mol. The fourth-order valence-electron chi connectivity index (χ4n) is 2.78. The molecule has 2 aromatic heterocycles. The first-order valence-electron chi connectivity index (χ1n) is 8.13. The minimum Gasteiger partial charge on any atom is -0.322 e. The number of pyridine rings is 1. The maximum Gasteiger partial charge on any atom is 0.256 e. The average Bonchev–Trinajstić information content (AvgIpc) is 3.18. The Morgan fingerprint density at radius 2 is 1.92 bits per heavy atom. The molecule has 1 N–H and O–H groups in total. The Balaban J connectivity index is 1.78. The number of hydrogen-bond donors (Lipinski definition) is 1. The Morgan fingerprint density at radius 1 is 1.08 bits per heavy atom. The van der Waals surface area contributed by atoms with Gasteiger partial charge in [0.25, 0.3) is 5.91 Å². The van der Waals surface area contributed by atoms with Gasteiger partial charge in [0, 0.05) is 16.1 Å². The van der Waals surface area contributed by atoms with Crippen LogP contribution in [0.5, 0.6) is 0 Å². The molecule has 128 valence electrons. The van der Waals surface area contributed by atoms with E-state index in [4.69, 9.17) is 16.6 Å². The minimum absolute atomic E-state index is 0.179. The predicted molar refractivity (Wildman–Crippen MR) is 109 cm³/mol. The normalized spacial score (nSPS) is 10.8. The lowest BCUT2D eigenvalue weighted by atomic mass is 10.1. The SMILES string of the molecule is Cc1ccc(NC(=O)c2cc(-c3cccs3)nc3ccccc23)cc1Cl. The van der Waals surface area contributed by atoms with Crippen LogP contribution in [0.4, 0.5) is 5.69 Å². The quantitative estimate of drug-likeness (QED) is 0.462. The maximum atomic E-state index is 13.0. The zero-order valence-corrected chi connectivity index (χ0v) is 15.6. The zero-order chi connectivity index (χ0) is 18.1. The van der Waals surface area contributed by atoms with E-state index in [9.17, 15) is 4.79 Å². The number of carbonyl (C=O) groups is 1. The van der Waals surface area contributed by atoms with Crippen molar-refractivity contribution in [3.8, 4) is 10.6 Å². The van der Waals surface area contributed by atoms with Gasteiger partial charge in [-0.2, -0.15) is 0 Å². The molecule has 0 saturated carbocycles. The number of benzene rings is 2. The largest absolute Gasteiger partial charge is 0.322 e. The van der Waals surface area contributed by atoms with Crippen LogP contribution in [0, 0.1) is 6.92 Å². The second-order valence-corrected chi connectivity index (χ2v) is 7.32. The van der Waals surface area contributed by atoms with E-state index in [-0.39, 0.29) is 5.91 Å². The van der Waals surface area contributed by atoms with Crippen LogP contribution >= 0.6 is 22.9 Å². The topological polar surface area (TPSA) is 42.0 Å². The molecular formula is C21H15ClN2OS. The van der Waals surface area contributed by atoms with Gasteiger partial charge in [0.1, 0.15) is 0 Å². The van der Waals surface area contributed by atoms with E-state index < -0.39 is 0 Å². The van der Waals surface area contributed by atoms with Crippen LogP contribution < -0.4 is 5.32 Å². The molecule has 0 unspecified atom stereocenters. The molecule has 4 rings (SSSR count). The van der Waals surface area contributed by atoms with Crippen LogP contribution in [0.3, 0.4) is 0 Å². The van der Waals surface area contributed by atoms with Gasteiger partial charge in [-0.1, -0.05) is 41.9 Å². The minimum atomic E-state index is -0.179. The summed E-state index contributed by atoms with van der Waals surface area (Å²) in [5, 5.41) is 6.39. The molecule has 0 saturated heterocycles. The molecule has 0 radical (unpaired) electrons. The second-order valence-electron chi connectivity index (χ2n) is 5.97. The van der Waals surface area contributed by atoms with Crippen molar-refractivity contribution in [1.29, 1.82) is 0 Å². The van der Waals surface area contributed by atoms with E-state index >= 15 is 0 Å². The first kappa shape index (κ1) is 16.8. The number of halogens is 1. The molecule has 0 spiro atoms. The second kappa shape index (κ2) is 6.90. The van der Waals surface area contributed by atoms with Crippen LogP contribution in [0.2, 0.25) is 5.02 Å². The lowest BCUT2D eigenvalue weighted by Gasteiger charge is -2.11. The molecule has 0 fully saturated rings. The summed E-state index contributed by atoms with van der Waals surface area (Å²) in [6.45, 7) is 1.93. The highest BCUT2D eigenvalue weighted by atomic mass is 35.5. The van der Waals surface area contributed by atoms with Crippen LogP contribution in [-0.4, -0.2) is 10.9 Å². The molecule has 4 aromatic rings. The number of fused-ring (bicyclic) bond motifs is 1. The van der Waals surface area contributed by atoms with Gasteiger partial charge in [-0.05, 0) is 48.2 Å². The number of rotatable bonds is 3. The molecule has 0 aliphatic rings. The van der Waals surface area contributed by atoms with Gasteiger partial charge in [-0.25, -0.2) is 4.98 Å². The van der Waals surface area contributed by atoms with Crippen LogP contribution in [-0.2, 0) is 0 Å². The highest BCUT2D eigenvalue weighted by molar-refractivity contribution is 7.13. The fourth-order valence-corrected chi connectivity index (χ4v) is 3.65. The first-order valence-corrected chi connectivity index (χ1v) is 9.39. The van der Waals surface area contributed by atoms with Crippen LogP contribution in [0.25, 0.3) is 21.5 Å². The molecule has 3 nitrogen and oxygen atoms in total. The Labute approximate surface area is 160 Å². The number of carbonyl (C=O) groups excluding carboxylic acids is 1. The molecule has 2 aromatic carbocycles. The summed E-state index contributed by atoms with van der Waals surface area (Å²) in [7, 11) is 0. The highest BCUT2D eigenvalue weighted by Crippen LogP contribution is 2.28. The summed E-state index contributed by atoms with van der Waals surface area (Å²) in [5.41, 5.74) is 3.83.